The maximum atomic E-state index is 4.36. The van der Waals surface area contributed by atoms with Gasteiger partial charge in [-0.25, -0.2) is 9.97 Å². The molecular formula is C17H18N2. The molecule has 0 spiro atoms. The van der Waals surface area contributed by atoms with Crippen molar-refractivity contribution in [1.82, 2.24) is 9.97 Å². The third kappa shape index (κ3) is 3.66. The Morgan fingerprint density at radius 3 is 1.89 bits per heavy atom. The van der Waals surface area contributed by atoms with Crippen LogP contribution in [0.3, 0.4) is 0 Å². The topological polar surface area (TPSA) is 25.8 Å². The number of nitrogens with zero attached hydrogens (tertiary/aromatic N) is 2. The fourth-order valence-electron chi connectivity index (χ4n) is 1.56. The summed E-state index contributed by atoms with van der Waals surface area (Å²) >= 11 is 0. The Labute approximate surface area is 114 Å². The molecule has 0 saturated carbocycles. The third-order valence-electron chi connectivity index (χ3n) is 2.73. The summed E-state index contributed by atoms with van der Waals surface area (Å²) in [5.41, 5.74) is 3.06. The van der Waals surface area contributed by atoms with Crippen LogP contribution in [0.15, 0.2) is 36.7 Å². The molecule has 0 aliphatic carbocycles. The third-order valence-corrected chi connectivity index (χ3v) is 2.73. The molecule has 0 bridgehead atoms. The van der Waals surface area contributed by atoms with Gasteiger partial charge in [0.2, 0.25) is 0 Å². The maximum Gasteiger partial charge on any atom is 0.133 e. The molecule has 0 unspecified atom stereocenters. The first-order valence-corrected chi connectivity index (χ1v) is 6.36. The predicted octanol–water partition coefficient (Wildman–Crippen LogP) is 3.48. The van der Waals surface area contributed by atoms with Crippen molar-refractivity contribution in [3.8, 4) is 11.8 Å². The minimum atomic E-state index is -0.0249. The molecule has 0 atom stereocenters. The molecule has 0 amide bonds. The zero-order valence-corrected chi connectivity index (χ0v) is 11.9. The highest BCUT2D eigenvalue weighted by atomic mass is 14.9. The monoisotopic (exact) mass is 250 g/mol. The van der Waals surface area contributed by atoms with Gasteiger partial charge in [0.1, 0.15) is 5.82 Å². The van der Waals surface area contributed by atoms with Crippen LogP contribution in [0.5, 0.6) is 0 Å². The van der Waals surface area contributed by atoms with E-state index in [4.69, 9.17) is 0 Å². The molecule has 0 N–H and O–H groups in total. The van der Waals surface area contributed by atoms with Crippen LogP contribution in [0.1, 0.15) is 43.3 Å². The summed E-state index contributed by atoms with van der Waals surface area (Å²) in [4.78, 5) is 8.73. The lowest BCUT2D eigenvalue weighted by molar-refractivity contribution is 0.545. The summed E-state index contributed by atoms with van der Waals surface area (Å²) in [6.45, 7) is 8.36. The van der Waals surface area contributed by atoms with Crippen LogP contribution < -0.4 is 0 Å². The quantitative estimate of drug-likeness (QED) is 0.669. The number of hydrogen-bond donors (Lipinski definition) is 0. The van der Waals surface area contributed by atoms with Crippen LogP contribution in [0.25, 0.3) is 0 Å². The fourth-order valence-corrected chi connectivity index (χ4v) is 1.56. The summed E-state index contributed by atoms with van der Waals surface area (Å²) in [5.74, 6) is 7.04. The predicted molar refractivity (Wildman–Crippen MR) is 77.9 cm³/mol. The van der Waals surface area contributed by atoms with Crippen molar-refractivity contribution in [2.45, 2.75) is 33.1 Å². The molecule has 1 aromatic heterocycles. The lowest BCUT2D eigenvalue weighted by Crippen LogP contribution is -2.15. The highest BCUT2D eigenvalue weighted by Crippen LogP contribution is 2.16. The zero-order valence-electron chi connectivity index (χ0n) is 11.9. The van der Waals surface area contributed by atoms with E-state index in [1.165, 1.54) is 5.56 Å². The summed E-state index contributed by atoms with van der Waals surface area (Å²) in [6, 6.07) is 8.16. The Bertz CT molecular complexity index is 606. The maximum absolute atomic E-state index is 4.36. The molecule has 1 aromatic carbocycles. The standard InChI is InChI=1S/C17H18N2/c1-13-5-7-14(8-6-13)9-10-15-11-18-16(19-12-15)17(2,3)4/h5-8,11-12H,1-4H3. The van der Waals surface area contributed by atoms with Crippen LogP contribution in [-0.2, 0) is 5.41 Å². The number of benzene rings is 1. The van der Waals surface area contributed by atoms with Crippen LogP contribution in [0, 0.1) is 18.8 Å². The highest BCUT2D eigenvalue weighted by Gasteiger charge is 2.16. The smallest absolute Gasteiger partial charge is 0.133 e. The first-order valence-electron chi connectivity index (χ1n) is 6.36. The Hall–Kier alpha value is -2.14. The number of rotatable bonds is 0. The van der Waals surface area contributed by atoms with Crippen molar-refractivity contribution in [1.29, 1.82) is 0 Å². The van der Waals surface area contributed by atoms with Crippen LogP contribution >= 0.6 is 0 Å². The van der Waals surface area contributed by atoms with Gasteiger partial charge in [-0.15, -0.1) is 0 Å². The molecule has 19 heavy (non-hydrogen) atoms. The SMILES string of the molecule is Cc1ccc(C#Cc2cnc(C(C)(C)C)nc2)cc1. The van der Waals surface area contributed by atoms with Crippen LogP contribution in [0.4, 0.5) is 0 Å². The molecule has 2 aromatic rings. The molecule has 2 rings (SSSR count). The summed E-state index contributed by atoms with van der Waals surface area (Å²) < 4.78 is 0. The van der Waals surface area contributed by atoms with E-state index in [1.54, 1.807) is 12.4 Å². The van der Waals surface area contributed by atoms with Gasteiger partial charge in [0.25, 0.3) is 0 Å². The molecule has 0 aliphatic heterocycles. The molecule has 0 radical (unpaired) electrons. The Morgan fingerprint density at radius 2 is 1.37 bits per heavy atom. The van der Waals surface area contributed by atoms with Crippen molar-refractivity contribution in [2.24, 2.45) is 0 Å². The highest BCUT2D eigenvalue weighted by molar-refractivity contribution is 5.41. The first kappa shape index (κ1) is 13.3. The van der Waals surface area contributed by atoms with E-state index >= 15 is 0 Å². The van der Waals surface area contributed by atoms with Gasteiger partial charge in [0.05, 0.1) is 5.56 Å². The molecule has 96 valence electrons. The average Bonchev–Trinajstić information content (AvgIpc) is 2.37. The molecule has 0 fully saturated rings. The van der Waals surface area contributed by atoms with Gasteiger partial charge in [-0.05, 0) is 19.1 Å². The molecule has 0 aliphatic rings. The lowest BCUT2D eigenvalue weighted by atomic mass is 9.96. The minimum absolute atomic E-state index is 0.0249. The van der Waals surface area contributed by atoms with E-state index in [1.807, 2.05) is 12.1 Å². The average molecular weight is 250 g/mol. The van der Waals surface area contributed by atoms with Gasteiger partial charge in [-0.2, -0.15) is 0 Å². The van der Waals surface area contributed by atoms with Crippen molar-refractivity contribution in [3.63, 3.8) is 0 Å². The number of aryl methyl sites for hydroxylation is 1. The van der Waals surface area contributed by atoms with E-state index in [9.17, 15) is 0 Å². The van der Waals surface area contributed by atoms with E-state index < -0.39 is 0 Å². The van der Waals surface area contributed by atoms with Crippen molar-refractivity contribution in [3.05, 3.63) is 59.2 Å². The van der Waals surface area contributed by atoms with Gasteiger partial charge in [0.15, 0.2) is 0 Å². The molecule has 2 nitrogen and oxygen atoms in total. The van der Waals surface area contributed by atoms with Gasteiger partial charge in [-0.1, -0.05) is 50.3 Å². The number of aromatic nitrogens is 2. The van der Waals surface area contributed by atoms with Gasteiger partial charge in [0, 0.05) is 23.4 Å². The second-order valence-electron chi connectivity index (χ2n) is 5.66. The summed E-state index contributed by atoms with van der Waals surface area (Å²) in [5, 5.41) is 0. The molecule has 1 heterocycles. The Kier molecular flexibility index (Phi) is 3.66. The minimum Gasteiger partial charge on any atom is -0.240 e. The second kappa shape index (κ2) is 5.24. The largest absolute Gasteiger partial charge is 0.240 e. The second-order valence-corrected chi connectivity index (χ2v) is 5.66. The van der Waals surface area contributed by atoms with Gasteiger partial charge < -0.3 is 0 Å². The van der Waals surface area contributed by atoms with Crippen LogP contribution in [-0.4, -0.2) is 9.97 Å². The molecule has 0 saturated heterocycles. The van der Waals surface area contributed by atoms with Crippen molar-refractivity contribution < 1.29 is 0 Å². The zero-order chi connectivity index (χ0) is 13.9. The van der Waals surface area contributed by atoms with E-state index in [2.05, 4.69) is 61.6 Å². The first-order chi connectivity index (χ1) is 8.95. The fraction of sp³-hybridized carbons (Fsp3) is 0.294. The van der Waals surface area contributed by atoms with Crippen molar-refractivity contribution >= 4 is 0 Å². The van der Waals surface area contributed by atoms with E-state index in [0.29, 0.717) is 0 Å². The Morgan fingerprint density at radius 1 is 0.842 bits per heavy atom. The van der Waals surface area contributed by atoms with Gasteiger partial charge in [-0.3, -0.25) is 0 Å². The van der Waals surface area contributed by atoms with Crippen molar-refractivity contribution in [2.75, 3.05) is 0 Å². The van der Waals surface area contributed by atoms with E-state index in [0.717, 1.165) is 17.0 Å². The van der Waals surface area contributed by atoms with Gasteiger partial charge >= 0.3 is 0 Å². The van der Waals surface area contributed by atoms with Crippen LogP contribution in [0.2, 0.25) is 0 Å². The summed E-state index contributed by atoms with van der Waals surface area (Å²) in [6.07, 6.45) is 3.57. The molecule has 2 heteroatoms. The van der Waals surface area contributed by atoms with E-state index in [-0.39, 0.29) is 5.41 Å². The lowest BCUT2D eigenvalue weighted by Gasteiger charge is -2.15. The summed E-state index contributed by atoms with van der Waals surface area (Å²) in [7, 11) is 0. The Balaban J connectivity index is 2.19. The molecular weight excluding hydrogens is 232 g/mol. The number of hydrogen-bond acceptors (Lipinski definition) is 2. The normalized spacial score (nSPS) is 10.7.